The van der Waals surface area contributed by atoms with Crippen LogP contribution < -0.4 is 14.2 Å². The van der Waals surface area contributed by atoms with Crippen LogP contribution in [0.4, 0.5) is 0 Å². The number of ether oxygens (including phenoxy) is 3. The molecule has 0 aliphatic carbocycles. The minimum atomic E-state index is -0.00399. The second kappa shape index (κ2) is 17.4. The molecule has 7 nitrogen and oxygen atoms in total. The molecule has 268 valence electrons. The quantitative estimate of drug-likeness (QED) is 0.113. The fourth-order valence-electron chi connectivity index (χ4n) is 6.16. The van der Waals surface area contributed by atoms with Crippen LogP contribution in [0.15, 0.2) is 103 Å². The molecule has 0 N–H and O–H groups in total. The molecular weight excluding hydrogens is 670 g/mol. The molecule has 52 heavy (non-hydrogen) atoms. The van der Waals surface area contributed by atoms with Crippen LogP contribution in [0.25, 0.3) is 6.08 Å². The SMILES string of the molecule is Cc1ccc(COc2ccc(Oc3c(C)cc(/C=C/C(=O)N4CCN(Cc5ccc(CCOc6ccc(C)cc6)c(C)c5)CC4)cc3Cl)nc2)cc1. The summed E-state index contributed by atoms with van der Waals surface area (Å²) in [5, 5.41) is 0.445. The maximum absolute atomic E-state index is 13.1. The van der Waals surface area contributed by atoms with Crippen LogP contribution in [-0.4, -0.2) is 53.5 Å². The van der Waals surface area contributed by atoms with Crippen molar-refractivity contribution in [2.24, 2.45) is 0 Å². The number of rotatable bonds is 13. The summed E-state index contributed by atoms with van der Waals surface area (Å²) in [6, 6.07) is 30.5. The second-order valence-corrected chi connectivity index (χ2v) is 13.9. The Labute approximate surface area is 312 Å². The number of amides is 1. The highest BCUT2D eigenvalue weighted by Crippen LogP contribution is 2.34. The van der Waals surface area contributed by atoms with Gasteiger partial charge in [-0.05, 0) is 97.5 Å². The minimum Gasteiger partial charge on any atom is -0.493 e. The van der Waals surface area contributed by atoms with E-state index in [9.17, 15) is 4.79 Å². The topological polar surface area (TPSA) is 64.1 Å². The number of carbonyl (C=O) groups is 1. The Hall–Kier alpha value is -5.11. The number of carbonyl (C=O) groups excluding carboxylic acids is 1. The predicted octanol–water partition coefficient (Wildman–Crippen LogP) is 9.32. The van der Waals surface area contributed by atoms with Gasteiger partial charge in [0.2, 0.25) is 11.8 Å². The van der Waals surface area contributed by atoms with Crippen LogP contribution in [0.1, 0.15) is 44.5 Å². The minimum absolute atomic E-state index is 0.00399. The van der Waals surface area contributed by atoms with E-state index in [1.54, 1.807) is 24.4 Å². The molecule has 1 amide bonds. The first-order chi connectivity index (χ1) is 25.2. The third-order valence-electron chi connectivity index (χ3n) is 9.27. The molecule has 1 fully saturated rings. The average molecular weight is 716 g/mol. The molecule has 0 saturated carbocycles. The van der Waals surface area contributed by atoms with Crippen molar-refractivity contribution in [3.05, 3.63) is 153 Å². The van der Waals surface area contributed by atoms with Crippen molar-refractivity contribution in [2.45, 2.75) is 47.3 Å². The number of halogens is 1. The first-order valence-corrected chi connectivity index (χ1v) is 18.2. The van der Waals surface area contributed by atoms with Gasteiger partial charge in [0.15, 0.2) is 5.75 Å². The summed E-state index contributed by atoms with van der Waals surface area (Å²) in [5.74, 6) is 2.50. The van der Waals surface area contributed by atoms with Crippen LogP contribution in [0.2, 0.25) is 5.02 Å². The van der Waals surface area contributed by atoms with Gasteiger partial charge in [-0.25, -0.2) is 4.98 Å². The third-order valence-corrected chi connectivity index (χ3v) is 9.55. The zero-order chi connectivity index (χ0) is 36.5. The van der Waals surface area contributed by atoms with E-state index in [0.717, 1.165) is 48.5 Å². The molecule has 4 aromatic carbocycles. The molecule has 8 heteroatoms. The Morgan fingerprint density at radius 1 is 0.769 bits per heavy atom. The highest BCUT2D eigenvalue weighted by Gasteiger charge is 2.20. The summed E-state index contributed by atoms with van der Waals surface area (Å²) >= 11 is 6.64. The molecule has 1 aromatic heterocycles. The number of hydrogen-bond donors (Lipinski definition) is 0. The molecule has 0 spiro atoms. The van der Waals surface area contributed by atoms with Gasteiger partial charge in [-0.1, -0.05) is 77.3 Å². The Morgan fingerprint density at radius 3 is 2.13 bits per heavy atom. The summed E-state index contributed by atoms with van der Waals surface area (Å²) in [6.07, 6.45) is 5.95. The molecule has 0 radical (unpaired) electrons. The number of aryl methyl sites for hydroxylation is 4. The normalized spacial score (nSPS) is 13.4. The van der Waals surface area contributed by atoms with E-state index in [0.29, 0.717) is 48.7 Å². The molecule has 0 atom stereocenters. The molecule has 1 aliphatic heterocycles. The lowest BCUT2D eigenvalue weighted by molar-refractivity contribution is -0.127. The summed E-state index contributed by atoms with van der Waals surface area (Å²) in [4.78, 5) is 21.8. The molecule has 1 saturated heterocycles. The molecule has 2 heterocycles. The van der Waals surface area contributed by atoms with E-state index in [4.69, 9.17) is 25.8 Å². The van der Waals surface area contributed by atoms with E-state index >= 15 is 0 Å². The summed E-state index contributed by atoms with van der Waals surface area (Å²) in [7, 11) is 0. The van der Waals surface area contributed by atoms with Gasteiger partial charge in [-0.15, -0.1) is 0 Å². The zero-order valence-corrected chi connectivity index (χ0v) is 31.2. The third kappa shape index (κ3) is 10.2. The first-order valence-electron chi connectivity index (χ1n) is 17.8. The molecule has 6 rings (SSSR count). The van der Waals surface area contributed by atoms with Gasteiger partial charge < -0.3 is 19.1 Å². The number of hydrogen-bond acceptors (Lipinski definition) is 6. The molecule has 0 unspecified atom stereocenters. The highest BCUT2D eigenvalue weighted by atomic mass is 35.5. The standard InChI is InChI=1S/C44H46ClN3O4/c1-31-5-9-35(10-6-31)30-51-40-16-17-42(46-28-40)52-44-34(4)26-36(27-41(44)45)12-18-43(49)48-22-20-47(21-23-48)29-37-11-13-38(33(3)25-37)19-24-50-39-14-7-32(2)8-15-39/h5-18,25-28H,19-24,29-30H2,1-4H3/b18-12+. The Bertz CT molecular complexity index is 1960. The van der Waals surface area contributed by atoms with Crippen molar-refractivity contribution in [1.29, 1.82) is 0 Å². The lowest BCUT2D eigenvalue weighted by Crippen LogP contribution is -2.47. The van der Waals surface area contributed by atoms with E-state index in [2.05, 4.69) is 85.3 Å². The van der Waals surface area contributed by atoms with E-state index in [1.165, 1.54) is 27.8 Å². The van der Waals surface area contributed by atoms with Crippen LogP contribution in [0, 0.1) is 27.7 Å². The van der Waals surface area contributed by atoms with Gasteiger partial charge >= 0.3 is 0 Å². The first kappa shape index (κ1) is 36.7. The summed E-state index contributed by atoms with van der Waals surface area (Å²) in [6.45, 7) is 13.2. The Morgan fingerprint density at radius 2 is 1.46 bits per heavy atom. The zero-order valence-electron chi connectivity index (χ0n) is 30.4. The summed E-state index contributed by atoms with van der Waals surface area (Å²) < 4.78 is 17.8. The monoisotopic (exact) mass is 715 g/mol. The Kier molecular flexibility index (Phi) is 12.3. The van der Waals surface area contributed by atoms with Crippen LogP contribution in [-0.2, 0) is 24.4 Å². The number of pyridine rings is 1. The number of nitrogens with zero attached hydrogens (tertiary/aromatic N) is 3. The van der Waals surface area contributed by atoms with Crippen molar-refractivity contribution in [3.63, 3.8) is 0 Å². The fourth-order valence-corrected chi connectivity index (χ4v) is 6.47. The van der Waals surface area contributed by atoms with E-state index in [-0.39, 0.29) is 5.91 Å². The van der Waals surface area contributed by atoms with Crippen molar-refractivity contribution in [2.75, 3.05) is 32.8 Å². The van der Waals surface area contributed by atoms with Crippen LogP contribution >= 0.6 is 11.6 Å². The number of aromatic nitrogens is 1. The lowest BCUT2D eigenvalue weighted by Gasteiger charge is -2.34. The van der Waals surface area contributed by atoms with Crippen molar-refractivity contribution in [1.82, 2.24) is 14.8 Å². The number of piperazine rings is 1. The van der Waals surface area contributed by atoms with Crippen LogP contribution in [0.5, 0.6) is 23.1 Å². The van der Waals surface area contributed by atoms with Crippen LogP contribution in [0.3, 0.4) is 0 Å². The van der Waals surface area contributed by atoms with Crippen molar-refractivity contribution >= 4 is 23.6 Å². The largest absolute Gasteiger partial charge is 0.493 e. The molecular formula is C44H46ClN3O4. The fraction of sp³-hybridized carbons (Fsp3) is 0.273. The number of benzene rings is 4. The highest BCUT2D eigenvalue weighted by molar-refractivity contribution is 6.32. The van der Waals surface area contributed by atoms with E-state index in [1.807, 2.05) is 42.2 Å². The smallest absolute Gasteiger partial charge is 0.246 e. The summed E-state index contributed by atoms with van der Waals surface area (Å²) in [5.41, 5.74) is 9.08. The maximum atomic E-state index is 13.1. The van der Waals surface area contributed by atoms with Crippen molar-refractivity contribution in [3.8, 4) is 23.1 Å². The Balaban J connectivity index is 0.944. The van der Waals surface area contributed by atoms with Gasteiger partial charge in [-0.3, -0.25) is 9.69 Å². The maximum Gasteiger partial charge on any atom is 0.246 e. The predicted molar refractivity (Wildman–Crippen MR) is 208 cm³/mol. The van der Waals surface area contributed by atoms with Crippen molar-refractivity contribution < 1.29 is 19.0 Å². The van der Waals surface area contributed by atoms with Gasteiger partial charge in [0.05, 0.1) is 17.8 Å². The lowest BCUT2D eigenvalue weighted by atomic mass is 10.0. The average Bonchev–Trinajstić information content (AvgIpc) is 3.14. The molecule has 0 bridgehead atoms. The molecule has 1 aliphatic rings. The second-order valence-electron chi connectivity index (χ2n) is 13.5. The van der Waals surface area contributed by atoms with Gasteiger partial charge in [0.25, 0.3) is 0 Å². The van der Waals surface area contributed by atoms with Gasteiger partial charge in [0.1, 0.15) is 18.1 Å². The molecule has 5 aromatic rings. The van der Waals surface area contributed by atoms with Gasteiger partial charge in [-0.2, -0.15) is 0 Å². The van der Waals surface area contributed by atoms with Gasteiger partial charge in [0, 0.05) is 51.3 Å². The van der Waals surface area contributed by atoms with E-state index < -0.39 is 0 Å².